The average molecular weight is 480 g/mol. The summed E-state index contributed by atoms with van der Waals surface area (Å²) in [7, 11) is 1.58. The predicted molar refractivity (Wildman–Crippen MR) is 130 cm³/mol. The molecule has 3 heterocycles. The van der Waals surface area contributed by atoms with E-state index in [1.54, 1.807) is 11.9 Å². The number of ether oxygens (including phenoxy) is 1. The molecule has 0 radical (unpaired) electrons. The first-order valence-corrected chi connectivity index (χ1v) is 12.8. The number of fused-ring (bicyclic) bond motifs is 1. The molecule has 6 atom stereocenters. The Kier molecular flexibility index (Phi) is 7.19. The molecule has 8 nitrogen and oxygen atoms in total. The number of amides is 3. The van der Waals surface area contributed by atoms with Gasteiger partial charge in [-0.1, -0.05) is 27.7 Å². The van der Waals surface area contributed by atoms with Crippen LogP contribution in [0, 0.1) is 23.2 Å². The van der Waals surface area contributed by atoms with Crippen LogP contribution in [0.5, 0.6) is 0 Å². The Hall–Kier alpha value is -1.67. The molecule has 8 heteroatoms. The van der Waals surface area contributed by atoms with Crippen LogP contribution in [-0.4, -0.2) is 70.7 Å². The largest absolute Gasteiger partial charge is 0.396 e. The molecule has 3 aliphatic rings. The quantitative estimate of drug-likeness (QED) is 0.440. The minimum absolute atomic E-state index is 0.0156. The topological polar surface area (TPSA) is 108 Å². The van der Waals surface area contributed by atoms with Gasteiger partial charge in [-0.3, -0.25) is 14.4 Å². The monoisotopic (exact) mass is 479 g/mol. The fourth-order valence-electron chi connectivity index (χ4n) is 7.18. The van der Waals surface area contributed by atoms with Crippen molar-refractivity contribution in [2.24, 2.45) is 23.2 Å². The lowest BCUT2D eigenvalue weighted by Crippen LogP contribution is -2.59. The Balaban J connectivity index is 1.99. The van der Waals surface area contributed by atoms with Crippen LogP contribution < -0.4 is 10.6 Å². The van der Waals surface area contributed by atoms with Crippen molar-refractivity contribution in [3.05, 3.63) is 0 Å². The smallest absolute Gasteiger partial charge is 0.246 e. The van der Waals surface area contributed by atoms with Crippen molar-refractivity contribution in [3.8, 4) is 0 Å². The van der Waals surface area contributed by atoms with Crippen LogP contribution in [0.2, 0.25) is 0 Å². The summed E-state index contributed by atoms with van der Waals surface area (Å²) in [6, 6.07) is -0.780. The zero-order valence-corrected chi connectivity index (χ0v) is 22.3. The summed E-state index contributed by atoms with van der Waals surface area (Å²) in [5, 5.41) is 15.1. The van der Waals surface area contributed by atoms with Crippen molar-refractivity contribution in [1.82, 2.24) is 15.5 Å². The number of rotatable bonds is 9. The number of aliphatic hydroxyl groups excluding tert-OH is 1. The SMILES string of the molecule is CNC(=O)[C@@H]1[C@H]2C(=O)N(CCCCCO)C(C(=O)NC(C)(C)CC(C)(C)C)C23CC(C)[C@@]1(C)O3. The van der Waals surface area contributed by atoms with E-state index < -0.39 is 34.6 Å². The lowest BCUT2D eigenvalue weighted by molar-refractivity contribution is -0.148. The molecule has 3 N–H and O–H groups in total. The molecule has 0 aliphatic carbocycles. The minimum Gasteiger partial charge on any atom is -0.396 e. The van der Waals surface area contributed by atoms with Gasteiger partial charge in [-0.2, -0.15) is 0 Å². The third-order valence-corrected chi connectivity index (χ3v) is 8.08. The molecule has 3 amide bonds. The number of carbonyl (C=O) groups excluding carboxylic acids is 3. The van der Waals surface area contributed by atoms with Gasteiger partial charge < -0.3 is 25.4 Å². The maximum Gasteiger partial charge on any atom is 0.246 e. The van der Waals surface area contributed by atoms with Crippen LogP contribution in [0.25, 0.3) is 0 Å². The second-order valence-corrected chi connectivity index (χ2v) is 12.7. The van der Waals surface area contributed by atoms with Crippen LogP contribution in [-0.2, 0) is 19.1 Å². The lowest BCUT2D eigenvalue weighted by Gasteiger charge is -2.38. The number of aliphatic hydroxyl groups is 1. The van der Waals surface area contributed by atoms with Crippen LogP contribution in [0.4, 0.5) is 0 Å². The first kappa shape index (κ1) is 26.9. The van der Waals surface area contributed by atoms with Crippen molar-refractivity contribution in [3.63, 3.8) is 0 Å². The normalized spacial score (nSPS) is 35.0. The number of hydrogen-bond acceptors (Lipinski definition) is 5. The van der Waals surface area contributed by atoms with E-state index in [2.05, 4.69) is 31.4 Å². The molecule has 0 aromatic rings. The molecule has 0 saturated carbocycles. The maximum absolute atomic E-state index is 13.9. The number of nitrogens with zero attached hydrogens (tertiary/aromatic N) is 1. The Morgan fingerprint density at radius 3 is 2.35 bits per heavy atom. The summed E-state index contributed by atoms with van der Waals surface area (Å²) in [4.78, 5) is 42.5. The second-order valence-electron chi connectivity index (χ2n) is 12.7. The molecule has 194 valence electrons. The van der Waals surface area contributed by atoms with Gasteiger partial charge in [0, 0.05) is 25.7 Å². The van der Waals surface area contributed by atoms with Crippen molar-refractivity contribution in [2.45, 2.75) is 103 Å². The van der Waals surface area contributed by atoms with E-state index >= 15 is 0 Å². The van der Waals surface area contributed by atoms with Gasteiger partial charge in [0.1, 0.15) is 11.6 Å². The summed E-state index contributed by atoms with van der Waals surface area (Å²) in [6.07, 6.45) is 3.43. The van der Waals surface area contributed by atoms with E-state index in [0.717, 1.165) is 12.8 Å². The van der Waals surface area contributed by atoms with Crippen LogP contribution in [0.3, 0.4) is 0 Å². The molecule has 3 aliphatic heterocycles. The van der Waals surface area contributed by atoms with E-state index in [0.29, 0.717) is 25.8 Å². The van der Waals surface area contributed by atoms with Crippen molar-refractivity contribution in [1.29, 1.82) is 0 Å². The summed E-state index contributed by atoms with van der Waals surface area (Å²) in [5.41, 5.74) is -2.26. The zero-order chi connectivity index (χ0) is 25.7. The standard InChI is InChI=1S/C26H45N3O5/c1-16-14-26-18(17(20(31)27-8)25(16,7)34-26)22(33)29(12-10-9-11-13-30)19(26)21(32)28-24(5,6)15-23(2,3)4/h16-19,30H,9-15H2,1-8H3,(H,27,31)(H,28,32)/t16?,17-,18-,19?,25+,26?/m0/s1. The third-order valence-electron chi connectivity index (χ3n) is 8.08. The lowest BCUT2D eigenvalue weighted by atomic mass is 9.62. The van der Waals surface area contributed by atoms with E-state index in [1.807, 2.05) is 27.7 Å². The Bertz CT molecular complexity index is 822. The molecule has 3 saturated heterocycles. The third kappa shape index (κ3) is 4.48. The van der Waals surface area contributed by atoms with E-state index in [4.69, 9.17) is 9.84 Å². The average Bonchev–Trinajstić information content (AvgIpc) is 3.19. The van der Waals surface area contributed by atoms with Gasteiger partial charge in [0.15, 0.2) is 0 Å². The highest BCUT2D eigenvalue weighted by Crippen LogP contribution is 2.65. The fourth-order valence-corrected chi connectivity index (χ4v) is 7.18. The number of likely N-dealkylation sites (tertiary alicyclic amines) is 1. The Morgan fingerprint density at radius 1 is 1.15 bits per heavy atom. The van der Waals surface area contributed by atoms with Crippen LogP contribution in [0.1, 0.15) is 80.6 Å². The molecule has 3 rings (SSSR count). The molecule has 3 fully saturated rings. The van der Waals surface area contributed by atoms with Gasteiger partial charge in [0.2, 0.25) is 17.7 Å². The minimum atomic E-state index is -1.01. The summed E-state index contributed by atoms with van der Waals surface area (Å²) in [5.74, 6) is -1.85. The van der Waals surface area contributed by atoms with Crippen LogP contribution in [0.15, 0.2) is 0 Å². The molecule has 3 unspecified atom stereocenters. The highest BCUT2D eigenvalue weighted by atomic mass is 16.5. The van der Waals surface area contributed by atoms with E-state index in [9.17, 15) is 14.4 Å². The van der Waals surface area contributed by atoms with Crippen molar-refractivity contribution < 1.29 is 24.2 Å². The molecular weight excluding hydrogens is 434 g/mol. The number of unbranched alkanes of at least 4 members (excludes halogenated alkanes) is 2. The Labute approximate surface area is 204 Å². The molecule has 34 heavy (non-hydrogen) atoms. The second kappa shape index (κ2) is 9.08. The zero-order valence-electron chi connectivity index (χ0n) is 22.3. The first-order chi connectivity index (χ1) is 15.6. The molecule has 0 aromatic heterocycles. The highest BCUT2D eigenvalue weighted by molar-refractivity contribution is 5.99. The van der Waals surface area contributed by atoms with Gasteiger partial charge in [0.05, 0.1) is 17.4 Å². The van der Waals surface area contributed by atoms with E-state index in [-0.39, 0.29) is 35.7 Å². The number of nitrogens with one attached hydrogen (secondary N) is 2. The van der Waals surface area contributed by atoms with E-state index in [1.165, 1.54) is 0 Å². The van der Waals surface area contributed by atoms with Crippen LogP contribution >= 0.6 is 0 Å². The first-order valence-electron chi connectivity index (χ1n) is 12.8. The van der Waals surface area contributed by atoms with Gasteiger partial charge in [-0.15, -0.1) is 0 Å². The number of carbonyl (C=O) groups is 3. The van der Waals surface area contributed by atoms with Crippen molar-refractivity contribution >= 4 is 17.7 Å². The maximum atomic E-state index is 13.9. The van der Waals surface area contributed by atoms with Gasteiger partial charge >= 0.3 is 0 Å². The Morgan fingerprint density at radius 2 is 1.79 bits per heavy atom. The molecule has 0 aromatic carbocycles. The fraction of sp³-hybridized carbons (Fsp3) is 0.885. The summed E-state index contributed by atoms with van der Waals surface area (Å²) >= 11 is 0. The van der Waals surface area contributed by atoms with Gasteiger partial charge in [0.25, 0.3) is 0 Å². The summed E-state index contributed by atoms with van der Waals surface area (Å²) < 4.78 is 6.67. The van der Waals surface area contributed by atoms with Crippen molar-refractivity contribution in [2.75, 3.05) is 20.2 Å². The molecule has 2 bridgehead atoms. The highest BCUT2D eigenvalue weighted by Gasteiger charge is 2.79. The van der Waals surface area contributed by atoms with Gasteiger partial charge in [-0.25, -0.2) is 0 Å². The van der Waals surface area contributed by atoms with Gasteiger partial charge in [-0.05, 0) is 64.2 Å². The molecular formula is C26H45N3O5. The number of hydrogen-bond donors (Lipinski definition) is 3. The molecule has 1 spiro atoms. The summed E-state index contributed by atoms with van der Waals surface area (Å²) in [6.45, 7) is 14.9. The predicted octanol–water partition coefficient (Wildman–Crippen LogP) is 2.24.